The van der Waals surface area contributed by atoms with E-state index in [4.69, 9.17) is 9.47 Å². The molecule has 11 heteroatoms. The molecule has 0 aliphatic carbocycles. The van der Waals surface area contributed by atoms with Crippen molar-refractivity contribution in [3.05, 3.63) is 56.8 Å². The van der Waals surface area contributed by atoms with Gasteiger partial charge >= 0.3 is 11.9 Å². The molecule has 5 nitrogen and oxygen atoms in total. The number of esters is 2. The van der Waals surface area contributed by atoms with Gasteiger partial charge in [0, 0.05) is 34.5 Å². The summed E-state index contributed by atoms with van der Waals surface area (Å²) in [5.74, 6) is -0.573. The SMILES string of the molecule is CCCCCCCCCCCCCCCCCCN(CCOC(=O)c1cc(I)cc(I)c1I)CCOC(=O)c1c(I)ccc(I)c1I. The first-order chi connectivity index (χ1) is 22.6. The number of rotatable bonds is 25. The van der Waals surface area contributed by atoms with Crippen LogP contribution in [0.2, 0.25) is 0 Å². The third-order valence-electron chi connectivity index (χ3n) is 8.07. The molecule has 0 saturated heterocycles. The quantitative estimate of drug-likeness (QED) is 0.0429. The van der Waals surface area contributed by atoms with E-state index in [0.29, 0.717) is 37.4 Å². The fourth-order valence-corrected chi connectivity index (χ4v) is 10.0. The lowest BCUT2D eigenvalue weighted by Crippen LogP contribution is -2.33. The molecule has 2 aromatic carbocycles. The second-order valence-corrected chi connectivity index (χ2v) is 18.8. The molecular formula is C36H49I6NO4. The highest BCUT2D eigenvalue weighted by Gasteiger charge is 2.19. The number of hydrogen-bond acceptors (Lipinski definition) is 5. The average Bonchev–Trinajstić information content (AvgIpc) is 3.04. The maximum atomic E-state index is 13.0. The Hall–Kier alpha value is 1.72. The van der Waals surface area contributed by atoms with Gasteiger partial charge in [0.15, 0.2) is 0 Å². The largest absolute Gasteiger partial charge is 0.461 e. The van der Waals surface area contributed by atoms with E-state index in [9.17, 15) is 9.59 Å². The van der Waals surface area contributed by atoms with Gasteiger partial charge in [0.1, 0.15) is 13.2 Å². The number of nitrogens with zero attached hydrogens (tertiary/aromatic N) is 1. The van der Waals surface area contributed by atoms with E-state index in [1.165, 1.54) is 96.3 Å². The first kappa shape index (κ1) is 44.9. The number of carbonyl (C=O) groups is 2. The van der Waals surface area contributed by atoms with Crippen molar-refractivity contribution in [3.63, 3.8) is 0 Å². The van der Waals surface area contributed by atoms with Crippen molar-refractivity contribution in [1.82, 2.24) is 4.90 Å². The normalized spacial score (nSPS) is 11.3. The van der Waals surface area contributed by atoms with Gasteiger partial charge in [0.25, 0.3) is 0 Å². The summed E-state index contributed by atoms with van der Waals surface area (Å²) in [6, 6.07) is 7.91. The Bertz CT molecular complexity index is 1230. The zero-order valence-electron chi connectivity index (χ0n) is 27.5. The number of ether oxygens (including phenoxy) is 2. The second-order valence-electron chi connectivity index (χ2n) is 11.9. The van der Waals surface area contributed by atoms with Crippen LogP contribution in [-0.2, 0) is 9.47 Å². The van der Waals surface area contributed by atoms with E-state index in [2.05, 4.69) is 153 Å². The Balaban J connectivity index is 1.73. The van der Waals surface area contributed by atoms with E-state index in [1.54, 1.807) is 0 Å². The van der Waals surface area contributed by atoms with E-state index in [-0.39, 0.29) is 11.9 Å². The van der Waals surface area contributed by atoms with E-state index in [0.717, 1.165) is 34.4 Å². The lowest BCUT2D eigenvalue weighted by Gasteiger charge is -2.22. The fraction of sp³-hybridized carbons (Fsp3) is 0.611. The van der Waals surface area contributed by atoms with Crippen LogP contribution in [0.25, 0.3) is 0 Å². The molecule has 0 spiro atoms. The van der Waals surface area contributed by atoms with Crippen molar-refractivity contribution < 1.29 is 19.1 Å². The number of benzene rings is 2. The van der Waals surface area contributed by atoms with Gasteiger partial charge in [-0.05, 0) is 173 Å². The Morgan fingerprint density at radius 3 is 1.55 bits per heavy atom. The zero-order chi connectivity index (χ0) is 34.4. The van der Waals surface area contributed by atoms with Gasteiger partial charge in [0.05, 0.1) is 11.1 Å². The Labute approximate surface area is 365 Å². The Kier molecular flexibility index (Phi) is 26.1. The van der Waals surface area contributed by atoms with Crippen molar-refractivity contribution in [2.45, 2.75) is 110 Å². The second kappa shape index (κ2) is 27.3. The van der Waals surface area contributed by atoms with Crippen molar-refractivity contribution >= 4 is 147 Å². The first-order valence-corrected chi connectivity index (χ1v) is 23.5. The minimum absolute atomic E-state index is 0.283. The van der Waals surface area contributed by atoms with Crippen LogP contribution >= 0.6 is 136 Å². The molecule has 0 aromatic heterocycles. The summed E-state index contributed by atoms with van der Waals surface area (Å²) in [6.07, 6.45) is 21.5. The number of unbranched alkanes of at least 4 members (excludes halogenated alkanes) is 15. The van der Waals surface area contributed by atoms with Crippen molar-refractivity contribution in [2.75, 3.05) is 32.8 Å². The smallest absolute Gasteiger partial charge is 0.340 e. The van der Waals surface area contributed by atoms with Crippen molar-refractivity contribution in [2.24, 2.45) is 0 Å². The summed E-state index contributed by atoms with van der Waals surface area (Å²) >= 11 is 13.4. The van der Waals surface area contributed by atoms with Crippen LogP contribution in [0.15, 0.2) is 24.3 Å². The molecule has 0 aliphatic rings. The van der Waals surface area contributed by atoms with Gasteiger partial charge < -0.3 is 9.47 Å². The molecule has 0 atom stereocenters. The molecule has 0 amide bonds. The van der Waals surface area contributed by atoms with Gasteiger partial charge in [-0.3, -0.25) is 4.90 Å². The molecule has 0 aliphatic heterocycles. The standard InChI is InChI=1S/C36H49I6NO4/c1-2-3-4-5-6-7-8-9-10-11-12-13-14-15-16-17-20-43(21-23-46-35(44)28-25-27(37)26-31(40)33(28)41)22-24-47-36(45)32-29(38)18-19-30(39)34(32)42/h18-19,25-26H,2-17,20-24H2,1H3. The van der Waals surface area contributed by atoms with E-state index in [1.807, 2.05) is 18.2 Å². The van der Waals surface area contributed by atoms with Crippen molar-refractivity contribution in [1.29, 1.82) is 0 Å². The van der Waals surface area contributed by atoms with Crippen LogP contribution in [0, 0.1) is 21.4 Å². The van der Waals surface area contributed by atoms with Gasteiger partial charge in [0.2, 0.25) is 0 Å². The van der Waals surface area contributed by atoms with Crippen LogP contribution in [0.3, 0.4) is 0 Å². The zero-order valence-corrected chi connectivity index (χ0v) is 40.5. The molecule has 2 rings (SSSR count). The lowest BCUT2D eigenvalue weighted by molar-refractivity contribution is 0.0393. The first-order valence-electron chi connectivity index (χ1n) is 17.0. The number of halogens is 6. The number of carbonyl (C=O) groups excluding carboxylic acids is 2. The molecular weight excluding hydrogens is 1270 g/mol. The van der Waals surface area contributed by atoms with Crippen LogP contribution in [0.5, 0.6) is 0 Å². The number of hydrogen-bond donors (Lipinski definition) is 0. The molecule has 264 valence electrons. The summed E-state index contributed by atoms with van der Waals surface area (Å²) in [5, 5.41) is 0. The van der Waals surface area contributed by atoms with E-state index >= 15 is 0 Å². The van der Waals surface area contributed by atoms with Crippen LogP contribution in [0.1, 0.15) is 130 Å². The highest BCUT2D eigenvalue weighted by Crippen LogP contribution is 2.26. The predicted octanol–water partition coefficient (Wildman–Crippen LogP) is 12.9. The highest BCUT2D eigenvalue weighted by atomic mass is 127. The third-order valence-corrected chi connectivity index (χ3v) is 15.7. The average molecular weight is 1320 g/mol. The minimum Gasteiger partial charge on any atom is -0.461 e. The molecule has 0 N–H and O–H groups in total. The molecule has 0 radical (unpaired) electrons. The molecule has 0 bridgehead atoms. The molecule has 2 aromatic rings. The molecule has 0 saturated carbocycles. The summed E-state index contributed by atoms with van der Waals surface area (Å²) in [7, 11) is 0. The maximum absolute atomic E-state index is 13.0. The van der Waals surface area contributed by atoms with Crippen LogP contribution in [-0.4, -0.2) is 49.7 Å². The summed E-state index contributed by atoms with van der Waals surface area (Å²) in [5.41, 5.74) is 1.25. The van der Waals surface area contributed by atoms with E-state index < -0.39 is 0 Å². The van der Waals surface area contributed by atoms with Crippen LogP contribution < -0.4 is 0 Å². The van der Waals surface area contributed by atoms with Crippen molar-refractivity contribution in [3.8, 4) is 0 Å². The maximum Gasteiger partial charge on any atom is 0.340 e. The summed E-state index contributed by atoms with van der Waals surface area (Å²) < 4.78 is 17.3. The lowest BCUT2D eigenvalue weighted by atomic mass is 10.0. The Morgan fingerprint density at radius 2 is 1.02 bits per heavy atom. The summed E-state index contributed by atoms with van der Waals surface area (Å²) in [6.45, 7) is 5.00. The molecule has 0 fully saturated rings. The molecule has 0 unspecified atom stereocenters. The van der Waals surface area contributed by atoms with Gasteiger partial charge in [-0.1, -0.05) is 103 Å². The highest BCUT2D eigenvalue weighted by molar-refractivity contribution is 14.1. The van der Waals surface area contributed by atoms with Gasteiger partial charge in [-0.15, -0.1) is 0 Å². The topological polar surface area (TPSA) is 55.8 Å². The molecule has 47 heavy (non-hydrogen) atoms. The van der Waals surface area contributed by atoms with Gasteiger partial charge in [-0.2, -0.15) is 0 Å². The predicted molar refractivity (Wildman–Crippen MR) is 246 cm³/mol. The monoisotopic (exact) mass is 1320 g/mol. The Morgan fingerprint density at radius 1 is 0.553 bits per heavy atom. The minimum atomic E-state index is -0.289. The third kappa shape index (κ3) is 18.9. The van der Waals surface area contributed by atoms with Gasteiger partial charge in [-0.25, -0.2) is 9.59 Å². The summed E-state index contributed by atoms with van der Waals surface area (Å²) in [4.78, 5) is 28.1. The molecule has 0 heterocycles. The van der Waals surface area contributed by atoms with Crippen LogP contribution in [0.4, 0.5) is 0 Å². The fourth-order valence-electron chi connectivity index (χ4n) is 5.32.